The summed E-state index contributed by atoms with van der Waals surface area (Å²) < 4.78 is 26.8. The van der Waals surface area contributed by atoms with Gasteiger partial charge in [0.05, 0.1) is 17.7 Å². The number of imidazole rings is 1. The fraction of sp³-hybridized carbons (Fsp3) is 0.149. The van der Waals surface area contributed by atoms with E-state index in [1.807, 2.05) is 79.0 Å². The Bertz CT molecular complexity index is 2320. The van der Waals surface area contributed by atoms with Gasteiger partial charge in [0.15, 0.2) is 0 Å². The molecule has 9 nitrogen and oxygen atoms in total. The average molecular weight is 760 g/mol. The lowest BCUT2D eigenvalue weighted by Gasteiger charge is -2.37. The van der Waals surface area contributed by atoms with Crippen LogP contribution in [0.15, 0.2) is 170 Å². The summed E-state index contributed by atoms with van der Waals surface area (Å²) in [5, 5.41) is 5.67. The Kier molecular flexibility index (Phi) is 11.2. The minimum atomic E-state index is -1.07. The van der Waals surface area contributed by atoms with E-state index in [9.17, 15) is 14.0 Å². The maximum absolute atomic E-state index is 14.1. The number of carbonyl (C=O) groups is 2. The fourth-order valence-electron chi connectivity index (χ4n) is 6.72. The zero-order chi connectivity index (χ0) is 39.8. The molecular weight excluding hydrogens is 718 g/mol. The van der Waals surface area contributed by atoms with E-state index in [2.05, 4.69) is 51.6 Å². The molecule has 0 aliphatic rings. The van der Waals surface area contributed by atoms with Gasteiger partial charge in [-0.3, -0.25) is 4.79 Å². The quantitative estimate of drug-likeness (QED) is 0.120. The van der Waals surface area contributed by atoms with Crippen molar-refractivity contribution in [2.75, 3.05) is 5.32 Å². The standard InChI is InChI=1S/C47H42FN5O4/c1-46(2,3)57-45(55)51-42(44(54)52-43-21-13-20-41(50-43)33-22-26-39(27-23-33)56-40-28-24-37(48)25-29-40)30-38-31-53(32-49-38)47(34-14-7-4-8-15-34,35-16-9-5-10-17-35)36-18-11-6-12-19-36/h4-29,31-32,42H,30H2,1-3H3,(H,51,55)(H,50,52,54)/t42-/m0/s1. The second-order valence-electron chi connectivity index (χ2n) is 14.5. The number of nitrogens with zero attached hydrogens (tertiary/aromatic N) is 3. The fourth-order valence-corrected chi connectivity index (χ4v) is 6.72. The molecule has 0 bridgehead atoms. The molecule has 2 aromatic heterocycles. The van der Waals surface area contributed by atoms with Crippen molar-refractivity contribution in [3.63, 3.8) is 0 Å². The van der Waals surface area contributed by atoms with Crippen molar-refractivity contribution in [3.05, 3.63) is 198 Å². The van der Waals surface area contributed by atoms with Gasteiger partial charge in [-0.05, 0) is 98.1 Å². The first kappa shape index (κ1) is 38.2. The molecule has 0 spiro atoms. The SMILES string of the molecule is CC(C)(C)OC(=O)N[C@@H](Cc1cn(C(c2ccccc2)(c2ccccc2)c2ccccc2)cn1)C(=O)Nc1cccc(-c2ccc(Oc3ccc(F)cc3)cc2)n1. The Morgan fingerprint density at radius 3 is 1.79 bits per heavy atom. The summed E-state index contributed by atoms with van der Waals surface area (Å²) in [6.45, 7) is 5.28. The lowest BCUT2D eigenvalue weighted by atomic mass is 9.77. The monoisotopic (exact) mass is 759 g/mol. The number of amides is 2. The summed E-state index contributed by atoms with van der Waals surface area (Å²) in [6, 6.07) is 47.9. The van der Waals surface area contributed by atoms with Crippen LogP contribution in [-0.4, -0.2) is 38.2 Å². The van der Waals surface area contributed by atoms with Crippen molar-refractivity contribution in [1.82, 2.24) is 19.9 Å². The molecule has 0 saturated carbocycles. The molecule has 0 saturated heterocycles. The smallest absolute Gasteiger partial charge is 0.408 e. The molecule has 0 aliphatic heterocycles. The van der Waals surface area contributed by atoms with Crippen LogP contribution in [0.5, 0.6) is 11.5 Å². The molecule has 10 heteroatoms. The normalized spacial score (nSPS) is 12.0. The highest BCUT2D eigenvalue weighted by Gasteiger charge is 2.38. The molecule has 286 valence electrons. The third kappa shape index (κ3) is 9.08. The number of rotatable bonds is 12. The number of hydrogen-bond donors (Lipinski definition) is 2. The molecular formula is C47H42FN5O4. The second kappa shape index (κ2) is 16.7. The van der Waals surface area contributed by atoms with Crippen molar-refractivity contribution < 1.29 is 23.5 Å². The Morgan fingerprint density at radius 1 is 0.702 bits per heavy atom. The van der Waals surface area contributed by atoms with Crippen molar-refractivity contribution in [3.8, 4) is 22.8 Å². The van der Waals surface area contributed by atoms with Gasteiger partial charge in [-0.2, -0.15) is 0 Å². The van der Waals surface area contributed by atoms with Gasteiger partial charge in [0.2, 0.25) is 5.91 Å². The first-order valence-electron chi connectivity index (χ1n) is 18.6. The Hall–Kier alpha value is -7.07. The Balaban J connectivity index is 1.17. The van der Waals surface area contributed by atoms with Gasteiger partial charge < -0.3 is 24.7 Å². The summed E-state index contributed by atoms with van der Waals surface area (Å²) in [7, 11) is 0. The van der Waals surface area contributed by atoms with Crippen LogP contribution in [0.1, 0.15) is 43.2 Å². The summed E-state index contributed by atoms with van der Waals surface area (Å²) in [4.78, 5) is 36.7. The molecule has 0 radical (unpaired) electrons. The van der Waals surface area contributed by atoms with E-state index in [1.54, 1.807) is 63.5 Å². The molecule has 2 heterocycles. The van der Waals surface area contributed by atoms with Crippen molar-refractivity contribution in [2.24, 2.45) is 0 Å². The molecule has 7 aromatic rings. The van der Waals surface area contributed by atoms with Crippen LogP contribution in [0.25, 0.3) is 11.3 Å². The summed E-state index contributed by atoms with van der Waals surface area (Å²) in [5.74, 6) is 0.537. The minimum Gasteiger partial charge on any atom is -0.457 e. The van der Waals surface area contributed by atoms with Crippen molar-refractivity contribution >= 4 is 17.8 Å². The second-order valence-corrected chi connectivity index (χ2v) is 14.5. The van der Waals surface area contributed by atoms with Gasteiger partial charge in [0, 0.05) is 18.2 Å². The lowest BCUT2D eigenvalue weighted by molar-refractivity contribution is -0.118. The van der Waals surface area contributed by atoms with Gasteiger partial charge in [-0.25, -0.2) is 19.2 Å². The molecule has 0 aliphatic carbocycles. The van der Waals surface area contributed by atoms with Gasteiger partial charge >= 0.3 is 6.09 Å². The van der Waals surface area contributed by atoms with Gasteiger partial charge in [0.1, 0.15) is 40.3 Å². The van der Waals surface area contributed by atoms with Crippen LogP contribution in [-0.2, 0) is 21.5 Å². The van der Waals surface area contributed by atoms with Crippen LogP contribution in [0.2, 0.25) is 0 Å². The minimum absolute atomic E-state index is 0.0573. The van der Waals surface area contributed by atoms with Crippen molar-refractivity contribution in [2.45, 2.75) is 44.4 Å². The molecule has 0 fully saturated rings. The van der Waals surface area contributed by atoms with E-state index in [1.165, 1.54) is 12.1 Å². The molecule has 57 heavy (non-hydrogen) atoms. The predicted molar refractivity (Wildman–Crippen MR) is 218 cm³/mol. The first-order chi connectivity index (χ1) is 27.6. The van der Waals surface area contributed by atoms with E-state index in [4.69, 9.17) is 19.4 Å². The largest absolute Gasteiger partial charge is 0.457 e. The van der Waals surface area contributed by atoms with Crippen LogP contribution in [0.3, 0.4) is 0 Å². The van der Waals surface area contributed by atoms with Crippen LogP contribution < -0.4 is 15.4 Å². The van der Waals surface area contributed by atoms with Gasteiger partial charge in [0.25, 0.3) is 0 Å². The maximum atomic E-state index is 14.1. The zero-order valence-corrected chi connectivity index (χ0v) is 31.8. The third-order valence-electron chi connectivity index (χ3n) is 9.22. The van der Waals surface area contributed by atoms with E-state index >= 15 is 0 Å². The predicted octanol–water partition coefficient (Wildman–Crippen LogP) is 9.79. The van der Waals surface area contributed by atoms with E-state index in [0.29, 0.717) is 28.7 Å². The van der Waals surface area contributed by atoms with E-state index in [-0.39, 0.29) is 12.2 Å². The molecule has 2 N–H and O–H groups in total. The third-order valence-corrected chi connectivity index (χ3v) is 9.22. The molecule has 0 unspecified atom stereocenters. The number of carbonyl (C=O) groups excluding carboxylic acids is 2. The number of nitrogens with one attached hydrogen (secondary N) is 2. The number of halogens is 1. The number of alkyl carbamates (subject to hydrolysis) is 1. The van der Waals surface area contributed by atoms with Crippen LogP contribution >= 0.6 is 0 Å². The molecule has 7 rings (SSSR count). The highest BCUT2D eigenvalue weighted by Crippen LogP contribution is 2.41. The number of benzene rings is 5. The number of aromatic nitrogens is 3. The Labute approximate surface area is 331 Å². The number of anilines is 1. The summed E-state index contributed by atoms with van der Waals surface area (Å²) >= 11 is 0. The summed E-state index contributed by atoms with van der Waals surface area (Å²) in [6.07, 6.45) is 3.01. The highest BCUT2D eigenvalue weighted by atomic mass is 19.1. The van der Waals surface area contributed by atoms with E-state index < -0.39 is 29.2 Å². The molecule has 1 atom stereocenters. The topological polar surface area (TPSA) is 107 Å². The maximum Gasteiger partial charge on any atom is 0.408 e. The van der Waals surface area contributed by atoms with Crippen molar-refractivity contribution in [1.29, 1.82) is 0 Å². The Morgan fingerprint density at radius 2 is 1.25 bits per heavy atom. The van der Waals surface area contributed by atoms with Gasteiger partial charge in [-0.15, -0.1) is 0 Å². The molecule has 5 aromatic carbocycles. The number of hydrogen-bond acceptors (Lipinski definition) is 6. The molecule has 2 amide bonds. The van der Waals surface area contributed by atoms with Crippen LogP contribution in [0, 0.1) is 5.82 Å². The lowest BCUT2D eigenvalue weighted by Crippen LogP contribution is -2.47. The number of ether oxygens (including phenoxy) is 2. The first-order valence-corrected chi connectivity index (χ1v) is 18.6. The summed E-state index contributed by atoms with van der Waals surface area (Å²) in [5.41, 5.74) is 3.43. The zero-order valence-electron chi connectivity index (χ0n) is 31.8. The average Bonchev–Trinajstić information content (AvgIpc) is 3.68. The van der Waals surface area contributed by atoms with E-state index in [0.717, 1.165) is 22.3 Å². The van der Waals surface area contributed by atoms with Crippen LogP contribution in [0.4, 0.5) is 15.0 Å². The van der Waals surface area contributed by atoms with Gasteiger partial charge in [-0.1, -0.05) is 97.1 Å². The number of pyridine rings is 1. The highest BCUT2D eigenvalue weighted by molar-refractivity contribution is 5.96.